The zero-order chi connectivity index (χ0) is 31.6. The Morgan fingerprint density at radius 3 is 1.52 bits per heavy atom. The van der Waals surface area contributed by atoms with Crippen LogP contribution in [0.15, 0.2) is 48.5 Å². The lowest BCUT2D eigenvalue weighted by atomic mass is 9.78. The second kappa shape index (κ2) is 6.74. The van der Waals surface area contributed by atoms with Crippen LogP contribution in [0.4, 0.5) is 11.4 Å². The molecule has 2 aromatic rings. The van der Waals surface area contributed by atoms with E-state index >= 15 is 0 Å². The van der Waals surface area contributed by atoms with Crippen LogP contribution in [0, 0.1) is 0 Å². The molecule has 2 fully saturated rings. The van der Waals surface area contributed by atoms with Gasteiger partial charge in [0.25, 0.3) is 0 Å². The number of benzene rings is 2. The Hall–Kier alpha value is -1.96. The average molecular weight is 351 g/mol. The van der Waals surface area contributed by atoms with Gasteiger partial charge in [0.1, 0.15) is 0 Å². The summed E-state index contributed by atoms with van der Waals surface area (Å²) in [5.74, 6) is 0. The fourth-order valence-electron chi connectivity index (χ4n) is 2.88. The van der Waals surface area contributed by atoms with Crippen LogP contribution in [0.2, 0.25) is 0 Å². The molecule has 4 rings (SSSR count). The lowest BCUT2D eigenvalue weighted by Crippen LogP contribution is -2.23. The Balaban J connectivity index is 1.82. The summed E-state index contributed by atoms with van der Waals surface area (Å²) >= 11 is 0. The van der Waals surface area contributed by atoms with Gasteiger partial charge in [0.15, 0.2) is 0 Å². The van der Waals surface area contributed by atoms with Gasteiger partial charge in [-0.25, -0.2) is 0 Å². The van der Waals surface area contributed by atoms with Gasteiger partial charge in [-0.2, -0.15) is 0 Å². The molecule has 2 nitrogen and oxygen atoms in total. The second-order valence-corrected chi connectivity index (χ2v) is 6.34. The molecule has 2 heterocycles. The Kier molecular flexibility index (Phi) is 1.71. The summed E-state index contributed by atoms with van der Waals surface area (Å²) in [5, 5.41) is 0. The van der Waals surface area contributed by atoms with Crippen molar-refractivity contribution < 1.29 is 21.9 Å². The van der Waals surface area contributed by atoms with E-state index in [2.05, 4.69) is 0 Å². The monoisotopic (exact) mass is 350 g/mol. The van der Waals surface area contributed by atoms with Crippen LogP contribution in [0.25, 0.3) is 0 Å². The van der Waals surface area contributed by atoms with E-state index < -0.39 is 56.9 Å². The number of nitrogens with zero attached hydrogens (tertiary/aromatic N) is 2. The summed E-state index contributed by atoms with van der Waals surface area (Å²) in [6.45, 7) is -8.85. The van der Waals surface area contributed by atoms with Crippen molar-refractivity contribution in [3.63, 3.8) is 0 Å². The van der Waals surface area contributed by atoms with Crippen LogP contribution in [0.1, 0.15) is 72.4 Å². The number of rotatable bonds is 4. The van der Waals surface area contributed by atoms with Crippen molar-refractivity contribution in [1.29, 1.82) is 0 Å². The average Bonchev–Trinajstić information content (AvgIpc) is 2.94. The molecule has 0 radical (unpaired) electrons. The minimum atomic E-state index is -3.22. The lowest BCUT2D eigenvalue weighted by molar-refractivity contribution is 0.640. The van der Waals surface area contributed by atoms with E-state index in [1.165, 1.54) is 36.4 Å². The Labute approximate surface area is 174 Å². The van der Waals surface area contributed by atoms with Gasteiger partial charge >= 0.3 is 0 Å². The molecule has 2 saturated heterocycles. The van der Waals surface area contributed by atoms with Gasteiger partial charge in [0.05, 0.1) is 0 Å². The number of hydrogen-bond donors (Lipinski definition) is 0. The largest absolute Gasteiger partial charge is 0.372 e. The van der Waals surface area contributed by atoms with Crippen molar-refractivity contribution >= 4 is 11.4 Å². The minimum absolute atomic E-state index is 0.124. The van der Waals surface area contributed by atoms with Gasteiger partial charge < -0.3 is 9.80 Å². The first-order valence-corrected chi connectivity index (χ1v) is 7.98. The van der Waals surface area contributed by atoms with Gasteiger partial charge in [-0.05, 0) is 60.9 Å². The Bertz CT molecular complexity index is 1210. The SMILES string of the molecule is [2H]C1([2H])N(c2cccc(C(C)(C)c3cccc(N4C([2H])([2H])C([2H])([2H])C([2H])([2H])C4([2H])[2H])c3)c2)C([2H])([2H])C([2H])([2H])C1([2H])[2H]. The molecule has 25 heavy (non-hydrogen) atoms. The molecule has 0 bridgehead atoms. The van der Waals surface area contributed by atoms with Gasteiger partial charge in [-0.3, -0.25) is 0 Å². The maximum absolute atomic E-state index is 8.35. The summed E-state index contributed by atoms with van der Waals surface area (Å²) in [5.41, 5.74) is -0.365. The highest BCUT2D eigenvalue weighted by atomic mass is 15.1. The smallest absolute Gasteiger partial charge is 0.0493 e. The molecule has 132 valence electrons. The predicted octanol–water partition coefficient (Wildman–Crippen LogP) is 5.21. The third-order valence-corrected chi connectivity index (χ3v) is 4.45. The molecule has 0 atom stereocenters. The first-order chi connectivity index (χ1) is 18.2. The molecule has 2 aromatic carbocycles. The molecule has 0 aromatic heterocycles. The van der Waals surface area contributed by atoms with Gasteiger partial charge in [0, 0.05) is 64.7 Å². The molecule has 2 aliphatic heterocycles. The van der Waals surface area contributed by atoms with Crippen molar-refractivity contribution in [3.8, 4) is 0 Å². The Morgan fingerprint density at radius 1 is 0.720 bits per heavy atom. The van der Waals surface area contributed by atoms with Crippen molar-refractivity contribution in [2.45, 2.75) is 44.8 Å². The van der Waals surface area contributed by atoms with E-state index in [-0.39, 0.29) is 11.4 Å². The highest BCUT2D eigenvalue weighted by Crippen LogP contribution is 2.36. The molecule has 0 amide bonds. The van der Waals surface area contributed by atoms with E-state index in [0.29, 0.717) is 20.9 Å². The predicted molar refractivity (Wildman–Crippen MR) is 108 cm³/mol. The summed E-state index contributed by atoms with van der Waals surface area (Å²) in [7, 11) is 0. The summed E-state index contributed by atoms with van der Waals surface area (Å²) < 4.78 is 131. The highest BCUT2D eigenvalue weighted by Gasteiger charge is 2.25. The summed E-state index contributed by atoms with van der Waals surface area (Å²) in [4.78, 5) is 0.904. The molecule has 2 heteroatoms. The molecule has 0 unspecified atom stereocenters. The maximum atomic E-state index is 8.35. The zero-order valence-electron chi connectivity index (χ0n) is 30.0. The molecule has 0 saturated carbocycles. The van der Waals surface area contributed by atoms with Crippen LogP contribution in [-0.4, -0.2) is 26.0 Å². The topological polar surface area (TPSA) is 6.48 Å². The van der Waals surface area contributed by atoms with E-state index in [1.807, 2.05) is 0 Å². The van der Waals surface area contributed by atoms with Gasteiger partial charge in [-0.1, -0.05) is 38.1 Å². The standard InChI is InChI=1S/C23H30N2/c1-23(2,19-9-7-11-21(17-19)24-13-3-4-14-24)20-10-8-12-22(18-20)25-15-5-6-16-25/h7-12,17-18H,3-6,13-16H2,1-2H3/i3D2,4D2,5D2,6D2,13D2,14D2,15D2,16D2. The second-order valence-electron chi connectivity index (χ2n) is 6.34. The maximum Gasteiger partial charge on any atom is 0.0493 e. The molecule has 2 aliphatic rings. The van der Waals surface area contributed by atoms with Gasteiger partial charge in [0.2, 0.25) is 0 Å². The summed E-state index contributed by atoms with van der Waals surface area (Å²) in [6.07, 6.45) is -12.9. The van der Waals surface area contributed by atoms with Gasteiger partial charge in [-0.15, -0.1) is 0 Å². The van der Waals surface area contributed by atoms with Crippen molar-refractivity contribution in [1.82, 2.24) is 0 Å². The fraction of sp³-hybridized carbons (Fsp3) is 0.478. The van der Waals surface area contributed by atoms with Crippen LogP contribution in [-0.2, 0) is 5.41 Å². The molecular weight excluding hydrogens is 304 g/mol. The van der Waals surface area contributed by atoms with Crippen molar-refractivity contribution in [2.24, 2.45) is 0 Å². The third kappa shape index (κ3) is 3.27. The summed E-state index contributed by atoms with van der Waals surface area (Å²) in [6, 6.07) is 11.7. The first-order valence-electron chi connectivity index (χ1n) is 16.0. The van der Waals surface area contributed by atoms with E-state index in [0.717, 1.165) is 0 Å². The van der Waals surface area contributed by atoms with Crippen LogP contribution in [0.3, 0.4) is 0 Å². The number of anilines is 2. The van der Waals surface area contributed by atoms with E-state index in [1.54, 1.807) is 26.0 Å². The quantitative estimate of drug-likeness (QED) is 0.746. The fourth-order valence-corrected chi connectivity index (χ4v) is 2.88. The number of hydrogen-bond acceptors (Lipinski definition) is 2. The van der Waals surface area contributed by atoms with E-state index in [9.17, 15) is 0 Å². The molecular formula is C23H30N2. The van der Waals surface area contributed by atoms with Crippen LogP contribution < -0.4 is 9.80 Å². The molecule has 0 aliphatic carbocycles. The Morgan fingerprint density at radius 2 is 1.12 bits per heavy atom. The third-order valence-electron chi connectivity index (χ3n) is 4.45. The van der Waals surface area contributed by atoms with Crippen LogP contribution in [0.5, 0.6) is 0 Å². The zero-order valence-corrected chi connectivity index (χ0v) is 14.0. The van der Waals surface area contributed by atoms with Crippen LogP contribution >= 0.6 is 0 Å². The van der Waals surface area contributed by atoms with Crippen molar-refractivity contribution in [3.05, 3.63) is 59.7 Å². The first kappa shape index (κ1) is 6.33. The highest BCUT2D eigenvalue weighted by molar-refractivity contribution is 5.56. The lowest BCUT2D eigenvalue weighted by Gasteiger charge is -2.29. The normalized spacial score (nSPS) is 43.8. The van der Waals surface area contributed by atoms with Crippen molar-refractivity contribution in [2.75, 3.05) is 35.8 Å². The molecule has 0 N–H and O–H groups in total. The van der Waals surface area contributed by atoms with E-state index in [4.69, 9.17) is 21.9 Å². The minimum Gasteiger partial charge on any atom is -0.372 e. The molecule has 0 spiro atoms.